The number of benzene rings is 1. The molecule has 1 aromatic carbocycles. The molecule has 822 valence electrons. The number of amides is 19. The van der Waals surface area contributed by atoms with E-state index in [1.807, 2.05) is 32.0 Å². The highest BCUT2D eigenvalue weighted by molar-refractivity contribution is 7.98. The van der Waals surface area contributed by atoms with Gasteiger partial charge in [0.25, 0.3) is 0 Å². The number of carbonyl (C=O) groups excluding carboxylic acids is 19. The molecule has 0 saturated heterocycles. The molecular formula is C96H165N27O21S2. The van der Waals surface area contributed by atoms with Crippen LogP contribution in [0, 0.1) is 23.7 Å². The molecule has 48 nitrogen and oxygen atoms in total. The molecule has 19 amide bonds. The zero-order chi connectivity index (χ0) is 110. The molecule has 0 fully saturated rings. The van der Waals surface area contributed by atoms with Gasteiger partial charge in [-0.15, -0.1) is 0 Å². The fourth-order valence-corrected chi connectivity index (χ4v) is 16.3. The van der Waals surface area contributed by atoms with Crippen molar-refractivity contribution in [1.29, 1.82) is 0 Å². The number of rotatable bonds is 73. The minimum absolute atomic E-state index is 0.00934. The van der Waals surface area contributed by atoms with Crippen LogP contribution in [0.2, 0.25) is 0 Å². The summed E-state index contributed by atoms with van der Waals surface area (Å²) in [5.74, 6) is -16.7. The van der Waals surface area contributed by atoms with E-state index in [-0.39, 0.29) is 151 Å². The summed E-state index contributed by atoms with van der Waals surface area (Å²) in [6, 6.07) is -16.0. The van der Waals surface area contributed by atoms with Gasteiger partial charge in [0.15, 0.2) is 0 Å². The van der Waals surface area contributed by atoms with E-state index in [1.54, 1.807) is 66.3 Å². The molecule has 34 N–H and O–H groups in total. The third-order valence-corrected chi connectivity index (χ3v) is 24.8. The van der Waals surface area contributed by atoms with Crippen LogP contribution in [0.25, 0.3) is 10.9 Å². The van der Waals surface area contributed by atoms with E-state index in [2.05, 4.69) is 111 Å². The average molecular weight is 2100 g/mol. The van der Waals surface area contributed by atoms with E-state index >= 15 is 0 Å². The van der Waals surface area contributed by atoms with Gasteiger partial charge >= 0.3 is 0 Å². The van der Waals surface area contributed by atoms with E-state index in [0.29, 0.717) is 49.9 Å². The molecule has 0 saturated carbocycles. The minimum Gasteiger partial charge on any atom is -0.391 e. The molecular weight excluding hydrogens is 1930 g/mol. The average Bonchev–Trinajstić information content (AvgIpc) is 1.68. The van der Waals surface area contributed by atoms with Crippen LogP contribution in [0.15, 0.2) is 43.0 Å². The number of H-pyrrole nitrogens is 2. The highest BCUT2D eigenvalue weighted by Crippen LogP contribution is 2.22. The molecule has 3 rings (SSSR count). The topological polar surface area (TPSA) is 782 Å². The minimum atomic E-state index is -1.77. The highest BCUT2D eigenvalue weighted by atomic mass is 32.2. The van der Waals surface area contributed by atoms with Crippen molar-refractivity contribution >= 4 is 147 Å². The van der Waals surface area contributed by atoms with E-state index in [1.165, 1.54) is 70.7 Å². The summed E-state index contributed by atoms with van der Waals surface area (Å²) in [5, 5.41) is 69.9. The molecule has 2 heterocycles. The number of nitrogens with two attached hydrogens (primary N) is 6. The number of carbonyl (C=O) groups is 19. The van der Waals surface area contributed by atoms with Crippen molar-refractivity contribution in [3.05, 3.63) is 54.2 Å². The number of aliphatic hydroxyl groups excluding tert-OH is 2. The first-order valence-electron chi connectivity index (χ1n) is 50.1. The standard InChI is InChI=1S/C96H165N27O21S2/c1-51(2)40-70(84(132)106-49-77(127)122-78(58(12)124)95(143)114-68(32-38-145-14)85(133)109-57(11)83(131)117-72(42-53(5)6)93(141)121-75(45-61-47-103-50-107-61)90(138)108-56(10)82(130)105-48-76(126)110-64(80(102)128)28-18-22-34-97)118-87(135)66(30-20-24-36-99)111-86(134)65(29-19-23-35-98)112-91(139)73(43-54(7)8)119-88(136)69(33-39-146-15)115-96(144)79(59(13)125)123-89(137)67(31-21-25-37-100)113-94(142)74(44-60-46-104-63-27-17-16-26-62(60)63)120-92(140)71(41-52(3)4)116-81(129)55(9)101/h16-17,26-27,46-47,50-59,64-75,78-79,104,124-125H,18-25,28-45,48-49,97-101H2,1-15H3,(H2,102,128)(H,103,107)(H,105,130)(H,106,132)(H,108,138)(H,109,133)(H,110,126)(H,111,134)(H,112,139)(H,113,142)(H,114,143)(H,115,144)(H,116,129)(H,117,131)(H,118,135)(H,119,136)(H,120,140)(H,121,141)(H,122,127)(H,123,137)/t55-,56-,57-,58+,59+,64-,65-,66-,67-,68-,69-,70-,71-,72-,73-,74-,75-,78-,79-/m0/s1. The zero-order valence-corrected chi connectivity index (χ0v) is 88.6. The Balaban J connectivity index is 1.84. The van der Waals surface area contributed by atoms with Crippen molar-refractivity contribution in [2.24, 2.45) is 58.1 Å². The summed E-state index contributed by atoms with van der Waals surface area (Å²) >= 11 is 2.61. The zero-order valence-electron chi connectivity index (χ0n) is 87.0. The van der Waals surface area contributed by atoms with Crippen molar-refractivity contribution < 1.29 is 101 Å². The normalized spacial score (nSPS) is 15.3. The van der Waals surface area contributed by atoms with Crippen LogP contribution in [0.1, 0.15) is 217 Å². The number of aromatic nitrogens is 3. The molecule has 0 radical (unpaired) electrons. The molecule has 0 spiro atoms. The van der Waals surface area contributed by atoms with Crippen LogP contribution >= 0.6 is 23.5 Å². The molecule has 19 atom stereocenters. The fourth-order valence-electron chi connectivity index (χ4n) is 15.4. The number of thioether (sulfide) groups is 2. The van der Waals surface area contributed by atoms with Gasteiger partial charge in [-0.1, -0.05) is 73.6 Å². The second-order valence-electron chi connectivity index (χ2n) is 38.5. The maximum atomic E-state index is 14.8. The van der Waals surface area contributed by atoms with E-state index in [4.69, 9.17) is 34.4 Å². The van der Waals surface area contributed by atoms with Crippen LogP contribution < -0.4 is 130 Å². The summed E-state index contributed by atoms with van der Waals surface area (Å²) in [5.41, 5.74) is 36.3. The van der Waals surface area contributed by atoms with E-state index in [0.717, 1.165) is 10.9 Å². The first kappa shape index (κ1) is 128. The predicted molar refractivity (Wildman–Crippen MR) is 554 cm³/mol. The number of hydrogen-bond acceptors (Lipinski definition) is 29. The molecule has 0 aliphatic heterocycles. The van der Waals surface area contributed by atoms with Gasteiger partial charge in [-0.2, -0.15) is 23.5 Å². The van der Waals surface area contributed by atoms with Crippen LogP contribution in [0.5, 0.6) is 0 Å². The van der Waals surface area contributed by atoms with E-state index < -0.39 is 240 Å². The summed E-state index contributed by atoms with van der Waals surface area (Å²) in [7, 11) is 0. The van der Waals surface area contributed by atoms with Gasteiger partial charge in [0, 0.05) is 41.8 Å². The number of aromatic amines is 2. The maximum Gasteiger partial charge on any atom is 0.245 e. The Morgan fingerprint density at radius 1 is 0.342 bits per heavy atom. The second kappa shape index (κ2) is 68.7. The number of unbranched alkanes of at least 4 members (excludes halogenated alkanes) is 4. The van der Waals surface area contributed by atoms with Crippen molar-refractivity contribution in [1.82, 2.24) is 111 Å². The van der Waals surface area contributed by atoms with Gasteiger partial charge in [0.05, 0.1) is 37.7 Å². The first-order valence-corrected chi connectivity index (χ1v) is 52.9. The Kier molecular flexibility index (Phi) is 60.5. The molecule has 0 aliphatic rings. The molecule has 146 heavy (non-hydrogen) atoms. The quantitative estimate of drug-likeness (QED) is 0.0237. The Hall–Kier alpha value is -11.7. The van der Waals surface area contributed by atoms with Gasteiger partial charge < -0.3 is 150 Å². The molecule has 50 heteroatoms. The number of nitrogens with zero attached hydrogens (tertiary/aromatic N) is 1. The van der Waals surface area contributed by atoms with Gasteiger partial charge in [0.2, 0.25) is 112 Å². The lowest BCUT2D eigenvalue weighted by Crippen LogP contribution is -2.62. The molecule has 2 aromatic heterocycles. The van der Waals surface area contributed by atoms with Crippen LogP contribution in [0.3, 0.4) is 0 Å². The molecule has 3 aromatic rings. The lowest BCUT2D eigenvalue weighted by atomic mass is 10.00. The summed E-state index contributed by atoms with van der Waals surface area (Å²) in [4.78, 5) is 277. The van der Waals surface area contributed by atoms with E-state index in [9.17, 15) is 101 Å². The highest BCUT2D eigenvalue weighted by Gasteiger charge is 2.41. The van der Waals surface area contributed by atoms with Crippen LogP contribution in [-0.2, 0) is 104 Å². The van der Waals surface area contributed by atoms with Crippen molar-refractivity contribution in [2.45, 2.75) is 333 Å². The van der Waals surface area contributed by atoms with Crippen LogP contribution in [-0.4, -0.2) is 316 Å². The van der Waals surface area contributed by atoms with Gasteiger partial charge in [-0.3, -0.25) is 91.1 Å². The predicted octanol–water partition coefficient (Wildman–Crippen LogP) is -4.49. The number of imidazole rings is 1. The third kappa shape index (κ3) is 48.3. The number of fused-ring (bicyclic) bond motifs is 1. The second-order valence-corrected chi connectivity index (χ2v) is 40.4. The van der Waals surface area contributed by atoms with Gasteiger partial charge in [-0.05, 0) is 236 Å². The Morgan fingerprint density at radius 3 is 1.06 bits per heavy atom. The number of primary amides is 1. The summed E-state index contributed by atoms with van der Waals surface area (Å²) < 4.78 is 0. The Labute approximate surface area is 863 Å². The first-order chi connectivity index (χ1) is 69.0. The monoisotopic (exact) mass is 2100 g/mol. The van der Waals surface area contributed by atoms with Crippen molar-refractivity contribution in [3.63, 3.8) is 0 Å². The lowest BCUT2D eigenvalue weighted by molar-refractivity contribution is -0.137. The fraction of sp³-hybridized carbons (Fsp3) is 0.688. The van der Waals surface area contributed by atoms with Gasteiger partial charge in [0.1, 0.15) is 96.7 Å². The SMILES string of the molecule is CSCC[C@H](NC(=O)[C@@H](NC(=O)CNC(=O)[C@H](CC(C)C)NC(=O)[C@H](CCCCN)NC(=O)[C@H](CCCCN)NC(=O)[C@H](CC(C)C)NC(=O)[C@H](CCSC)NC(=O)[C@@H](NC(=O)[C@H](CCCCN)NC(=O)[C@H](Cc1c[nH]c2ccccc12)NC(=O)[C@H](CC(C)C)NC(=O)[C@H](C)N)[C@@H](C)O)[C@@H](C)O)C(=O)N[C@@H](C)C(=O)N[C@@H](CC(C)C)C(=O)N[C@@H](Cc1cnc[nH]1)C(=O)N[C@@H](C)C(=O)NCC(=O)N[C@@H](CCCCN)C(N)=O. The summed E-state index contributed by atoms with van der Waals surface area (Å²) in [6.07, 6.45) is 7.52. The molecule has 0 bridgehead atoms. The Morgan fingerprint density at radius 2 is 0.664 bits per heavy atom. The van der Waals surface area contributed by atoms with Crippen molar-refractivity contribution in [3.8, 4) is 0 Å². The number of nitrogens with one attached hydrogen (secondary N) is 20. The number of para-hydroxylation sites is 1. The lowest BCUT2D eigenvalue weighted by Gasteiger charge is -2.29. The smallest absolute Gasteiger partial charge is 0.245 e. The van der Waals surface area contributed by atoms with Gasteiger partial charge in [-0.25, -0.2) is 4.98 Å². The van der Waals surface area contributed by atoms with Crippen LogP contribution in [0.4, 0.5) is 0 Å². The summed E-state index contributed by atoms with van der Waals surface area (Å²) in [6.45, 7) is 20.3. The maximum absolute atomic E-state index is 14.8. The molecule has 0 aliphatic carbocycles. The third-order valence-electron chi connectivity index (χ3n) is 23.5. The largest absolute Gasteiger partial charge is 0.391 e. The number of aliphatic hydroxyl groups is 2. The van der Waals surface area contributed by atoms with Crippen molar-refractivity contribution in [2.75, 3.05) is 63.3 Å². The number of hydrogen-bond donors (Lipinski definition) is 28. The Bertz CT molecular complexity index is 4660. The molecule has 0 unspecified atom stereocenters.